The van der Waals surface area contributed by atoms with E-state index in [0.717, 1.165) is 18.2 Å². The van der Waals surface area contributed by atoms with Crippen LogP contribution in [0.3, 0.4) is 0 Å². The molecule has 0 aliphatic heterocycles. The molecule has 0 unspecified atom stereocenters. The highest BCUT2D eigenvalue weighted by molar-refractivity contribution is 7.92. The first-order valence-corrected chi connectivity index (χ1v) is 9.61. The van der Waals surface area contributed by atoms with Crippen molar-refractivity contribution < 1.29 is 35.9 Å². The molecule has 0 heterocycles. The van der Waals surface area contributed by atoms with E-state index >= 15 is 0 Å². The van der Waals surface area contributed by atoms with Gasteiger partial charge < -0.3 is 14.8 Å². The van der Waals surface area contributed by atoms with E-state index in [4.69, 9.17) is 4.74 Å². The van der Waals surface area contributed by atoms with E-state index in [1.807, 2.05) is 0 Å². The lowest BCUT2D eigenvalue weighted by Gasteiger charge is -2.15. The molecular formula is C18H17F3N2O5S. The lowest BCUT2D eigenvalue weighted by molar-refractivity contribution is -0.274. The van der Waals surface area contributed by atoms with Crippen molar-refractivity contribution in [3.8, 4) is 11.5 Å². The predicted octanol–water partition coefficient (Wildman–Crippen LogP) is 3.91. The summed E-state index contributed by atoms with van der Waals surface area (Å²) in [7, 11) is -4.22. The number of sulfonamides is 1. The van der Waals surface area contributed by atoms with Gasteiger partial charge >= 0.3 is 6.36 Å². The molecule has 2 N–H and O–H groups in total. The first-order chi connectivity index (χ1) is 13.5. The smallest absolute Gasteiger partial charge is 0.492 e. The highest BCUT2D eigenvalue weighted by Crippen LogP contribution is 2.31. The Balaban J connectivity index is 2.34. The number of anilines is 2. The normalized spacial score (nSPS) is 11.4. The molecule has 0 radical (unpaired) electrons. The Morgan fingerprint density at radius 2 is 1.90 bits per heavy atom. The zero-order valence-electron chi connectivity index (χ0n) is 15.1. The third kappa shape index (κ3) is 6.42. The minimum atomic E-state index is -4.91. The van der Waals surface area contributed by atoms with Crippen molar-refractivity contribution in [2.45, 2.75) is 18.2 Å². The summed E-state index contributed by atoms with van der Waals surface area (Å²) < 4.78 is 73.8. The number of alkyl halides is 3. The number of hydrogen-bond acceptors (Lipinski definition) is 5. The molecule has 156 valence electrons. The number of nitrogens with one attached hydrogen (secondary N) is 2. The lowest BCUT2D eigenvalue weighted by Crippen LogP contribution is -2.18. The van der Waals surface area contributed by atoms with Gasteiger partial charge in [0, 0.05) is 17.8 Å². The summed E-state index contributed by atoms with van der Waals surface area (Å²) in [6.07, 6.45) is -3.87. The van der Waals surface area contributed by atoms with Crippen LogP contribution in [-0.4, -0.2) is 27.3 Å². The van der Waals surface area contributed by atoms with E-state index in [0.29, 0.717) is 0 Å². The van der Waals surface area contributed by atoms with E-state index in [-0.39, 0.29) is 28.6 Å². The number of benzene rings is 2. The van der Waals surface area contributed by atoms with Crippen molar-refractivity contribution in [3.05, 3.63) is 55.1 Å². The van der Waals surface area contributed by atoms with Crippen LogP contribution >= 0.6 is 0 Å². The molecular weight excluding hydrogens is 413 g/mol. The van der Waals surface area contributed by atoms with Crippen LogP contribution < -0.4 is 19.5 Å². The van der Waals surface area contributed by atoms with Crippen molar-refractivity contribution in [2.75, 3.05) is 16.6 Å². The van der Waals surface area contributed by atoms with Gasteiger partial charge in [0.1, 0.15) is 16.4 Å². The second kappa shape index (κ2) is 8.86. The van der Waals surface area contributed by atoms with Crippen molar-refractivity contribution in [1.82, 2.24) is 0 Å². The van der Waals surface area contributed by atoms with E-state index in [9.17, 15) is 26.4 Å². The average molecular weight is 430 g/mol. The number of ether oxygens (including phenoxy) is 2. The molecule has 0 bridgehead atoms. The predicted molar refractivity (Wildman–Crippen MR) is 100 cm³/mol. The van der Waals surface area contributed by atoms with Crippen LogP contribution in [0.25, 0.3) is 0 Å². The highest BCUT2D eigenvalue weighted by atomic mass is 32.2. The van der Waals surface area contributed by atoms with Gasteiger partial charge in [-0.1, -0.05) is 12.6 Å². The van der Waals surface area contributed by atoms with E-state index in [2.05, 4.69) is 21.4 Å². The minimum Gasteiger partial charge on any atom is -0.492 e. The Morgan fingerprint density at radius 1 is 1.17 bits per heavy atom. The Kier molecular flexibility index (Phi) is 6.75. The summed E-state index contributed by atoms with van der Waals surface area (Å²) in [5, 5.41) is 2.47. The maximum absolute atomic E-state index is 12.7. The zero-order chi connectivity index (χ0) is 21.7. The molecule has 29 heavy (non-hydrogen) atoms. The van der Waals surface area contributed by atoms with Crippen LogP contribution in [-0.2, 0) is 14.8 Å². The van der Waals surface area contributed by atoms with Crippen molar-refractivity contribution >= 4 is 27.3 Å². The largest absolute Gasteiger partial charge is 0.573 e. The van der Waals surface area contributed by atoms with Gasteiger partial charge in [0.25, 0.3) is 10.0 Å². The van der Waals surface area contributed by atoms with Gasteiger partial charge in [0.05, 0.1) is 12.3 Å². The van der Waals surface area contributed by atoms with Gasteiger partial charge in [-0.3, -0.25) is 9.52 Å². The van der Waals surface area contributed by atoms with Gasteiger partial charge in [0.15, 0.2) is 0 Å². The van der Waals surface area contributed by atoms with Crippen LogP contribution in [0.15, 0.2) is 60.0 Å². The van der Waals surface area contributed by atoms with Gasteiger partial charge in [-0.15, -0.1) is 13.2 Å². The van der Waals surface area contributed by atoms with Crippen molar-refractivity contribution in [1.29, 1.82) is 0 Å². The third-order valence-electron chi connectivity index (χ3n) is 3.31. The minimum absolute atomic E-state index is 0.0513. The second-order valence-corrected chi connectivity index (χ2v) is 7.12. The van der Waals surface area contributed by atoms with Gasteiger partial charge in [-0.2, -0.15) is 0 Å². The average Bonchev–Trinajstić information content (AvgIpc) is 2.60. The topological polar surface area (TPSA) is 93.7 Å². The number of carbonyl (C=O) groups excluding carboxylic acids is 1. The van der Waals surface area contributed by atoms with Gasteiger partial charge in [-0.05, 0) is 37.3 Å². The van der Waals surface area contributed by atoms with Crippen molar-refractivity contribution in [3.63, 3.8) is 0 Å². The Morgan fingerprint density at radius 3 is 2.52 bits per heavy atom. The summed E-state index contributed by atoms with van der Waals surface area (Å²) in [4.78, 5) is 11.1. The van der Waals surface area contributed by atoms with E-state index < -0.39 is 28.0 Å². The standard InChI is InChI=1S/C18H17F3N2O5S/c1-3-17(24)22-12-8-9-16(15(11-12)27-4-2)29(25,26)23-13-6-5-7-14(10-13)28-18(19,20)21/h3,5-11,23H,1,4H2,2H3,(H,22,24). The molecule has 0 spiro atoms. The zero-order valence-corrected chi connectivity index (χ0v) is 15.9. The second-order valence-electron chi connectivity index (χ2n) is 5.47. The van der Waals surface area contributed by atoms with Crippen molar-refractivity contribution in [2.24, 2.45) is 0 Å². The maximum Gasteiger partial charge on any atom is 0.573 e. The van der Waals surface area contributed by atoms with Gasteiger partial charge in [0.2, 0.25) is 5.91 Å². The molecule has 0 aromatic heterocycles. The fraction of sp³-hybridized carbons (Fsp3) is 0.167. The van der Waals surface area contributed by atoms with Gasteiger partial charge in [-0.25, -0.2) is 8.42 Å². The monoisotopic (exact) mass is 430 g/mol. The Hall–Kier alpha value is -3.21. The molecule has 0 saturated heterocycles. The van der Waals surface area contributed by atoms with Crippen LogP contribution in [0, 0.1) is 0 Å². The van der Waals surface area contributed by atoms with Crippen LogP contribution in [0.2, 0.25) is 0 Å². The molecule has 0 saturated carbocycles. The molecule has 2 aromatic rings. The van der Waals surface area contributed by atoms with Crippen LogP contribution in [0.4, 0.5) is 24.5 Å². The number of halogens is 3. The molecule has 7 nitrogen and oxygen atoms in total. The van der Waals surface area contributed by atoms with E-state index in [1.54, 1.807) is 6.92 Å². The Labute approximate surface area is 165 Å². The van der Waals surface area contributed by atoms with Crippen LogP contribution in [0.1, 0.15) is 6.92 Å². The quantitative estimate of drug-likeness (QED) is 0.620. The third-order valence-corrected chi connectivity index (χ3v) is 4.73. The number of amides is 1. The molecule has 1 amide bonds. The fourth-order valence-corrected chi connectivity index (χ4v) is 3.41. The number of rotatable bonds is 8. The SMILES string of the molecule is C=CC(=O)Nc1ccc(S(=O)(=O)Nc2cccc(OC(F)(F)F)c2)c(OCC)c1. The highest BCUT2D eigenvalue weighted by Gasteiger charge is 2.31. The maximum atomic E-state index is 12.7. The summed E-state index contributed by atoms with van der Waals surface area (Å²) in [6, 6.07) is 8.24. The molecule has 0 fully saturated rings. The Bertz CT molecular complexity index is 1010. The summed E-state index contributed by atoms with van der Waals surface area (Å²) in [5.41, 5.74) is 0.135. The molecule has 11 heteroatoms. The van der Waals surface area contributed by atoms with Crippen LogP contribution in [0.5, 0.6) is 11.5 Å². The lowest BCUT2D eigenvalue weighted by atomic mass is 10.3. The van der Waals surface area contributed by atoms with E-state index in [1.165, 1.54) is 30.3 Å². The molecule has 2 rings (SSSR count). The summed E-state index contributed by atoms with van der Waals surface area (Å²) in [6.45, 7) is 5.09. The molecule has 0 atom stereocenters. The molecule has 0 aliphatic rings. The number of hydrogen-bond donors (Lipinski definition) is 2. The first-order valence-electron chi connectivity index (χ1n) is 8.13. The summed E-state index contributed by atoms with van der Waals surface area (Å²) >= 11 is 0. The first kappa shape index (κ1) is 22.1. The number of carbonyl (C=O) groups is 1. The molecule has 0 aliphatic carbocycles. The summed E-state index contributed by atoms with van der Waals surface area (Å²) in [5.74, 6) is -1.13. The molecule has 2 aromatic carbocycles. The fourth-order valence-electron chi connectivity index (χ4n) is 2.24.